The molecule has 0 unspecified atom stereocenters. The van der Waals surface area contributed by atoms with E-state index in [1.165, 1.54) is 0 Å². The summed E-state index contributed by atoms with van der Waals surface area (Å²) in [5.41, 5.74) is 7.02. The van der Waals surface area contributed by atoms with Crippen LogP contribution in [0.1, 0.15) is 16.2 Å². The molecule has 1 rings (SSSR count). The molecule has 0 atom stereocenters. The van der Waals surface area contributed by atoms with Crippen molar-refractivity contribution in [1.82, 2.24) is 4.57 Å². The monoisotopic (exact) mass is 138 g/mol. The first-order valence-electron chi connectivity index (χ1n) is 3.09. The molecule has 0 bridgehead atoms. The summed E-state index contributed by atoms with van der Waals surface area (Å²) >= 11 is 0. The van der Waals surface area contributed by atoms with Crippen molar-refractivity contribution in [1.29, 1.82) is 0 Å². The van der Waals surface area contributed by atoms with Crippen molar-refractivity contribution in [3.05, 3.63) is 23.5 Å². The molecule has 0 aliphatic rings. The van der Waals surface area contributed by atoms with Crippen LogP contribution in [0.3, 0.4) is 0 Å². The van der Waals surface area contributed by atoms with Crippen LogP contribution < -0.4 is 5.73 Å². The van der Waals surface area contributed by atoms with Gasteiger partial charge >= 0.3 is 0 Å². The summed E-state index contributed by atoms with van der Waals surface area (Å²) in [6, 6.07) is 3.61. The topological polar surface area (TPSA) is 48.0 Å². The van der Waals surface area contributed by atoms with Crippen molar-refractivity contribution < 1.29 is 4.79 Å². The molecule has 0 amide bonds. The van der Waals surface area contributed by atoms with Crippen LogP contribution in [0.4, 0.5) is 0 Å². The highest BCUT2D eigenvalue weighted by Crippen LogP contribution is 2.02. The normalized spacial score (nSPS) is 9.80. The van der Waals surface area contributed by atoms with E-state index in [0.29, 0.717) is 12.2 Å². The molecule has 1 heterocycles. The van der Waals surface area contributed by atoms with Gasteiger partial charge in [0.25, 0.3) is 0 Å². The first kappa shape index (κ1) is 7.02. The van der Waals surface area contributed by atoms with Crippen LogP contribution in [0, 0.1) is 0 Å². The van der Waals surface area contributed by atoms with E-state index in [2.05, 4.69) is 0 Å². The predicted molar refractivity (Wildman–Crippen MR) is 38.7 cm³/mol. The third-order valence-corrected chi connectivity index (χ3v) is 1.59. The van der Waals surface area contributed by atoms with E-state index in [1.807, 2.05) is 13.1 Å². The van der Waals surface area contributed by atoms with Crippen LogP contribution in [0.5, 0.6) is 0 Å². The van der Waals surface area contributed by atoms with Gasteiger partial charge < -0.3 is 10.3 Å². The van der Waals surface area contributed by atoms with E-state index in [4.69, 9.17) is 5.73 Å². The second kappa shape index (κ2) is 2.66. The van der Waals surface area contributed by atoms with Gasteiger partial charge in [0.15, 0.2) is 6.29 Å². The fourth-order valence-corrected chi connectivity index (χ4v) is 0.894. The predicted octanol–water partition coefficient (Wildman–Crippen LogP) is 0.296. The molecule has 2 N–H and O–H groups in total. The maximum atomic E-state index is 10.3. The Balaban J connectivity index is 3.08. The number of carbonyl (C=O) groups excluding carboxylic acids is 1. The molecule has 0 aliphatic carbocycles. The Morgan fingerprint density at radius 2 is 2.40 bits per heavy atom. The van der Waals surface area contributed by atoms with Crippen molar-refractivity contribution >= 4 is 6.29 Å². The fraction of sp³-hybridized carbons (Fsp3) is 0.286. The summed E-state index contributed by atoms with van der Waals surface area (Å²) in [6.07, 6.45) is 0.819. The van der Waals surface area contributed by atoms with E-state index in [1.54, 1.807) is 10.6 Å². The van der Waals surface area contributed by atoms with Gasteiger partial charge in [-0.05, 0) is 12.1 Å². The number of hydrogen-bond donors (Lipinski definition) is 1. The molecule has 0 saturated carbocycles. The van der Waals surface area contributed by atoms with Crippen LogP contribution in [-0.4, -0.2) is 10.9 Å². The zero-order chi connectivity index (χ0) is 7.56. The standard InChI is InChI=1S/C7H10N2O/c1-9-6(4-8)2-3-7(9)5-10/h2-3,5H,4,8H2,1H3. The third-order valence-electron chi connectivity index (χ3n) is 1.59. The molecule has 0 spiro atoms. The summed E-state index contributed by atoms with van der Waals surface area (Å²) in [5.74, 6) is 0. The fourth-order valence-electron chi connectivity index (χ4n) is 0.894. The number of nitrogens with zero attached hydrogens (tertiary/aromatic N) is 1. The maximum absolute atomic E-state index is 10.3. The van der Waals surface area contributed by atoms with E-state index in [-0.39, 0.29) is 0 Å². The first-order valence-corrected chi connectivity index (χ1v) is 3.09. The zero-order valence-corrected chi connectivity index (χ0v) is 5.87. The Kier molecular flexibility index (Phi) is 1.87. The molecule has 1 aromatic rings. The molecule has 0 radical (unpaired) electrons. The van der Waals surface area contributed by atoms with E-state index < -0.39 is 0 Å². The lowest BCUT2D eigenvalue weighted by atomic mass is 10.4. The van der Waals surface area contributed by atoms with E-state index in [0.717, 1.165) is 12.0 Å². The molecule has 3 nitrogen and oxygen atoms in total. The van der Waals surface area contributed by atoms with Crippen molar-refractivity contribution in [3.8, 4) is 0 Å². The van der Waals surface area contributed by atoms with Crippen LogP contribution in [0.2, 0.25) is 0 Å². The molecule has 0 aliphatic heterocycles. The van der Waals surface area contributed by atoms with Crippen LogP contribution in [-0.2, 0) is 13.6 Å². The smallest absolute Gasteiger partial charge is 0.166 e. The van der Waals surface area contributed by atoms with Gasteiger partial charge in [0.2, 0.25) is 0 Å². The molecular formula is C7H10N2O. The highest BCUT2D eigenvalue weighted by Gasteiger charge is 1.99. The van der Waals surface area contributed by atoms with Crippen molar-refractivity contribution in [2.75, 3.05) is 0 Å². The number of nitrogens with two attached hydrogens (primary N) is 1. The average molecular weight is 138 g/mol. The number of carbonyl (C=O) groups is 1. The van der Waals surface area contributed by atoms with Gasteiger partial charge in [-0.1, -0.05) is 0 Å². The average Bonchev–Trinajstić information content (AvgIpc) is 2.30. The van der Waals surface area contributed by atoms with Crippen molar-refractivity contribution in [2.45, 2.75) is 6.54 Å². The van der Waals surface area contributed by atoms with Crippen molar-refractivity contribution in [2.24, 2.45) is 12.8 Å². The highest BCUT2D eigenvalue weighted by atomic mass is 16.1. The first-order chi connectivity index (χ1) is 4.79. The van der Waals surface area contributed by atoms with Crippen LogP contribution in [0.15, 0.2) is 12.1 Å². The minimum Gasteiger partial charge on any atom is -0.344 e. The Bertz CT molecular complexity index is 240. The lowest BCUT2D eigenvalue weighted by Gasteiger charge is -1.99. The van der Waals surface area contributed by atoms with Gasteiger partial charge in [-0.15, -0.1) is 0 Å². The van der Waals surface area contributed by atoms with Crippen LogP contribution >= 0.6 is 0 Å². The van der Waals surface area contributed by atoms with Crippen molar-refractivity contribution in [3.63, 3.8) is 0 Å². The summed E-state index contributed by atoms with van der Waals surface area (Å²) in [5, 5.41) is 0. The maximum Gasteiger partial charge on any atom is 0.166 e. The van der Waals surface area contributed by atoms with Gasteiger partial charge in [-0.3, -0.25) is 4.79 Å². The zero-order valence-electron chi connectivity index (χ0n) is 5.87. The molecule has 0 fully saturated rings. The molecule has 0 aromatic carbocycles. The lowest BCUT2D eigenvalue weighted by Crippen LogP contribution is -2.04. The van der Waals surface area contributed by atoms with Crippen LogP contribution in [0.25, 0.3) is 0 Å². The van der Waals surface area contributed by atoms with Gasteiger partial charge in [-0.25, -0.2) is 0 Å². The van der Waals surface area contributed by atoms with Gasteiger partial charge in [-0.2, -0.15) is 0 Å². The molecule has 1 aromatic heterocycles. The van der Waals surface area contributed by atoms with Gasteiger partial charge in [0.1, 0.15) is 0 Å². The highest BCUT2D eigenvalue weighted by molar-refractivity contribution is 5.72. The van der Waals surface area contributed by atoms with Gasteiger partial charge in [0, 0.05) is 19.3 Å². The summed E-state index contributed by atoms with van der Waals surface area (Å²) in [7, 11) is 1.83. The molecule has 0 saturated heterocycles. The quantitative estimate of drug-likeness (QED) is 0.597. The summed E-state index contributed by atoms with van der Waals surface area (Å²) in [6.45, 7) is 0.477. The molecule has 10 heavy (non-hydrogen) atoms. The molecular weight excluding hydrogens is 128 g/mol. The number of aldehydes is 1. The minimum atomic E-state index is 0.477. The Hall–Kier alpha value is -1.09. The molecule has 54 valence electrons. The Labute approximate surface area is 59.4 Å². The Morgan fingerprint density at radius 1 is 1.70 bits per heavy atom. The van der Waals surface area contributed by atoms with E-state index in [9.17, 15) is 4.79 Å². The second-order valence-electron chi connectivity index (χ2n) is 2.13. The Morgan fingerprint density at radius 3 is 2.70 bits per heavy atom. The SMILES string of the molecule is Cn1c(C=O)ccc1CN. The third kappa shape index (κ3) is 0.953. The lowest BCUT2D eigenvalue weighted by molar-refractivity contribution is 0.111. The summed E-state index contributed by atoms with van der Waals surface area (Å²) in [4.78, 5) is 10.3. The number of aromatic nitrogens is 1. The largest absolute Gasteiger partial charge is 0.344 e. The van der Waals surface area contributed by atoms with E-state index >= 15 is 0 Å². The summed E-state index contributed by atoms with van der Waals surface area (Å²) < 4.78 is 1.78. The number of hydrogen-bond acceptors (Lipinski definition) is 2. The minimum absolute atomic E-state index is 0.477. The molecule has 3 heteroatoms. The van der Waals surface area contributed by atoms with Gasteiger partial charge in [0.05, 0.1) is 5.69 Å². The number of rotatable bonds is 2. The second-order valence-corrected chi connectivity index (χ2v) is 2.13.